The minimum absolute atomic E-state index is 0.0781. The Balaban J connectivity index is 1.01. The van der Waals surface area contributed by atoms with E-state index < -0.39 is 40.9 Å². The van der Waals surface area contributed by atoms with E-state index in [0.717, 1.165) is 38.5 Å². The highest BCUT2D eigenvalue weighted by atomic mass is 32.2. The molecule has 4 heterocycles. The van der Waals surface area contributed by atoms with Gasteiger partial charge in [0.25, 0.3) is 11.8 Å². The minimum Gasteiger partial charge on any atom is -0.477 e. The second-order valence-corrected chi connectivity index (χ2v) is 16.8. The molecule has 2 atom stereocenters. The van der Waals surface area contributed by atoms with Crippen LogP contribution < -0.4 is 16.4 Å². The topological polar surface area (TPSA) is 206 Å². The first-order valence-electron chi connectivity index (χ1n) is 20.1. The molecule has 64 heavy (non-hydrogen) atoms. The van der Waals surface area contributed by atoms with Crippen LogP contribution >= 0.6 is 23.1 Å². The van der Waals surface area contributed by atoms with Gasteiger partial charge in [-0.3, -0.25) is 24.6 Å². The van der Waals surface area contributed by atoms with Crippen molar-refractivity contribution >= 4 is 69.4 Å². The predicted octanol–water partition coefficient (Wildman–Crippen LogP) is 6.27. The lowest BCUT2D eigenvalue weighted by atomic mass is 9.80. The summed E-state index contributed by atoms with van der Waals surface area (Å²) in [5, 5.41) is 21.3. The number of anilines is 2. The third-order valence-corrected chi connectivity index (χ3v) is 12.7. The molecule has 5 aromatic rings. The zero-order valence-electron chi connectivity index (χ0n) is 34.1. The van der Waals surface area contributed by atoms with Gasteiger partial charge in [0.05, 0.1) is 0 Å². The minimum atomic E-state index is -1.34. The molecule has 4 aromatic carbocycles. The number of aromatic nitrogens is 1. The molecule has 4 amide bonds. The molecule has 0 spiro atoms. The van der Waals surface area contributed by atoms with Crippen LogP contribution in [0.4, 0.5) is 15.6 Å². The zero-order chi connectivity index (χ0) is 44.8. The number of amides is 4. The number of carbonyl (C=O) groups is 5. The van der Waals surface area contributed by atoms with Crippen LogP contribution in [0, 0.1) is 0 Å². The Morgan fingerprint density at radius 1 is 0.938 bits per heavy atom. The zero-order valence-corrected chi connectivity index (χ0v) is 35.7. The van der Waals surface area contributed by atoms with Gasteiger partial charge in [-0.15, -0.1) is 23.1 Å². The first-order chi connectivity index (χ1) is 31.1. The van der Waals surface area contributed by atoms with Crippen LogP contribution in [0.5, 0.6) is 0 Å². The highest BCUT2D eigenvalue weighted by Crippen LogP contribution is 2.43. The molecule has 0 aliphatic carbocycles. The molecule has 8 rings (SSSR count). The summed E-state index contributed by atoms with van der Waals surface area (Å²) in [6, 6.07) is 34.2. The number of rotatable bonds is 15. The van der Waals surface area contributed by atoms with E-state index in [1.54, 1.807) is 40.6 Å². The monoisotopic (exact) mass is 895 g/mol. The van der Waals surface area contributed by atoms with Crippen LogP contribution in [-0.2, 0) is 40.9 Å². The standard InChI is InChI=1S/C47H41N7O8S2/c1-2-24-61-46(60)49-35-20-18-29(19-21-35)26-53-23-22-30(41(53)56)25-31-27-63-43-38(42(57)54(43)39(31)44(58)59)51-40(55)37(36-28-64-45(48)50-36)52-62-47(32-12-6-3-7-13-32,33-14-8-4-9-15-33)34-16-10-5-11-17-34/h2-21,25,28,38,43H,1,22-24,26-27H2,(H2,48,50)(H,49,60)(H,51,55)(H,58,59)/b30-25+,52-37-/t38-,43-/m1/s1. The summed E-state index contributed by atoms with van der Waals surface area (Å²) < 4.78 is 4.94. The number of carboxylic acids is 1. The number of β-lactam (4-membered cyclic amide) rings is 1. The van der Waals surface area contributed by atoms with Crippen molar-refractivity contribution in [2.45, 2.75) is 30.0 Å². The SMILES string of the molecule is C=CCOC(=O)Nc1ccc(CN2CC/C(=C\C3=C(C(=O)O)N4C(=O)[C@@H](NC(=O)/C(=N\OC(c5ccccc5)(c5ccccc5)c5ccccc5)c5csc(N)n5)[C@H]4SC3)C2=O)cc1. The molecule has 17 heteroatoms. The van der Waals surface area contributed by atoms with Crippen molar-refractivity contribution in [1.29, 1.82) is 0 Å². The maximum atomic E-state index is 14.3. The summed E-state index contributed by atoms with van der Waals surface area (Å²) in [7, 11) is 0. The lowest BCUT2D eigenvalue weighted by molar-refractivity contribution is -0.150. The van der Waals surface area contributed by atoms with E-state index in [9.17, 15) is 29.1 Å². The molecule has 3 aliphatic rings. The van der Waals surface area contributed by atoms with Crippen molar-refractivity contribution in [2.24, 2.45) is 5.16 Å². The van der Waals surface area contributed by atoms with Crippen molar-refractivity contribution in [3.05, 3.63) is 184 Å². The van der Waals surface area contributed by atoms with Crippen LogP contribution in [0.15, 0.2) is 161 Å². The number of thiazole rings is 1. The van der Waals surface area contributed by atoms with Gasteiger partial charge in [-0.2, -0.15) is 0 Å². The fourth-order valence-electron chi connectivity index (χ4n) is 7.72. The molecular formula is C47H41N7O8S2. The van der Waals surface area contributed by atoms with E-state index in [-0.39, 0.29) is 40.5 Å². The van der Waals surface area contributed by atoms with Crippen LogP contribution in [0.1, 0.15) is 34.4 Å². The highest BCUT2D eigenvalue weighted by Gasteiger charge is 2.54. The molecular weight excluding hydrogens is 855 g/mol. The van der Waals surface area contributed by atoms with Gasteiger partial charge in [-0.25, -0.2) is 14.6 Å². The molecule has 3 aliphatic heterocycles. The van der Waals surface area contributed by atoms with Gasteiger partial charge in [0.2, 0.25) is 11.5 Å². The molecule has 0 saturated carbocycles. The maximum absolute atomic E-state index is 14.3. The summed E-state index contributed by atoms with van der Waals surface area (Å²) in [5.41, 5.74) is 8.56. The Hall–Kier alpha value is -7.50. The average Bonchev–Trinajstić information content (AvgIpc) is 3.90. The largest absolute Gasteiger partial charge is 0.477 e. The molecule has 2 saturated heterocycles. The van der Waals surface area contributed by atoms with Crippen LogP contribution in [-0.4, -0.2) is 85.7 Å². The van der Waals surface area contributed by atoms with Crippen molar-refractivity contribution < 1.29 is 38.7 Å². The first kappa shape index (κ1) is 43.2. The van der Waals surface area contributed by atoms with Crippen molar-refractivity contribution in [3.8, 4) is 0 Å². The summed E-state index contributed by atoms with van der Waals surface area (Å²) >= 11 is 2.37. The summed E-state index contributed by atoms with van der Waals surface area (Å²) in [5.74, 6) is -2.87. The lowest BCUT2D eigenvalue weighted by Gasteiger charge is -2.49. The van der Waals surface area contributed by atoms with E-state index in [2.05, 4.69) is 27.4 Å². The number of benzene rings is 4. The normalized spacial score (nSPS) is 18.0. The summed E-state index contributed by atoms with van der Waals surface area (Å²) in [4.78, 5) is 80.1. The molecule has 1 aromatic heterocycles. The third kappa shape index (κ3) is 8.75. The number of ether oxygens (including phenoxy) is 1. The number of likely N-dealkylation sites (tertiary alicyclic amines) is 1. The molecule has 15 nitrogen and oxygen atoms in total. The van der Waals surface area contributed by atoms with Crippen LogP contribution in [0.2, 0.25) is 0 Å². The van der Waals surface area contributed by atoms with Gasteiger partial charge in [0.15, 0.2) is 10.8 Å². The molecule has 0 bridgehead atoms. The second kappa shape index (κ2) is 18.9. The molecule has 324 valence electrons. The van der Waals surface area contributed by atoms with Gasteiger partial charge in [0, 0.05) is 52.2 Å². The summed E-state index contributed by atoms with van der Waals surface area (Å²) in [6.45, 7) is 4.29. The van der Waals surface area contributed by atoms with Gasteiger partial charge in [-0.1, -0.05) is 121 Å². The Morgan fingerprint density at radius 2 is 1.56 bits per heavy atom. The second-order valence-electron chi connectivity index (χ2n) is 14.8. The number of nitrogens with one attached hydrogen (secondary N) is 2. The number of carbonyl (C=O) groups excluding carboxylic acids is 4. The number of hydrogen-bond acceptors (Lipinski definition) is 12. The fraction of sp³-hybridized carbons (Fsp3) is 0.170. The van der Waals surface area contributed by atoms with Gasteiger partial charge >= 0.3 is 12.1 Å². The highest BCUT2D eigenvalue weighted by molar-refractivity contribution is 8.00. The maximum Gasteiger partial charge on any atom is 0.411 e. The van der Waals surface area contributed by atoms with E-state index in [4.69, 9.17) is 15.3 Å². The Bertz CT molecular complexity index is 2590. The fourth-order valence-corrected chi connectivity index (χ4v) is 9.57. The number of nitrogen functional groups attached to an aromatic ring is 1. The first-order valence-corrected chi connectivity index (χ1v) is 22.0. The third-order valence-electron chi connectivity index (χ3n) is 10.7. The Labute approximate surface area is 375 Å². The number of nitrogens with zero attached hydrogens (tertiary/aromatic N) is 4. The number of nitrogens with two attached hydrogens (primary N) is 1. The van der Waals surface area contributed by atoms with E-state index in [0.29, 0.717) is 36.3 Å². The number of aliphatic carboxylic acids is 1. The number of allylic oxidation sites excluding steroid dienone is 1. The predicted molar refractivity (Wildman–Crippen MR) is 243 cm³/mol. The van der Waals surface area contributed by atoms with Crippen molar-refractivity contribution in [2.75, 3.05) is 30.0 Å². The van der Waals surface area contributed by atoms with Crippen molar-refractivity contribution in [1.82, 2.24) is 20.1 Å². The van der Waals surface area contributed by atoms with E-state index in [1.165, 1.54) is 17.8 Å². The molecule has 5 N–H and O–H groups in total. The number of carboxylic acid groups (broad SMARTS) is 1. The summed E-state index contributed by atoms with van der Waals surface area (Å²) in [6.07, 6.45) is 2.78. The van der Waals surface area contributed by atoms with E-state index in [1.807, 2.05) is 91.0 Å². The van der Waals surface area contributed by atoms with Gasteiger partial charge in [-0.05, 0) is 35.8 Å². The number of thioether (sulfide) groups is 1. The number of fused-ring (bicyclic) bond motifs is 1. The number of oxime groups is 1. The lowest BCUT2D eigenvalue weighted by Crippen LogP contribution is -2.71. The molecule has 2 fully saturated rings. The van der Waals surface area contributed by atoms with Gasteiger partial charge in [0.1, 0.15) is 29.4 Å². The quantitative estimate of drug-likeness (QED) is 0.0230. The Kier molecular flexibility index (Phi) is 12.7. The number of hydrogen-bond donors (Lipinski definition) is 4. The van der Waals surface area contributed by atoms with Crippen molar-refractivity contribution in [3.63, 3.8) is 0 Å². The van der Waals surface area contributed by atoms with Crippen LogP contribution in [0.3, 0.4) is 0 Å². The average molecular weight is 896 g/mol. The van der Waals surface area contributed by atoms with E-state index >= 15 is 0 Å². The molecule has 0 radical (unpaired) electrons. The Morgan fingerprint density at radius 3 is 2.12 bits per heavy atom. The smallest absolute Gasteiger partial charge is 0.411 e. The van der Waals surface area contributed by atoms with Gasteiger partial charge < -0.3 is 30.6 Å². The van der Waals surface area contributed by atoms with Crippen LogP contribution in [0.25, 0.3) is 0 Å². The molecule has 0 unspecified atom stereocenters.